The minimum Gasteiger partial charge on any atom is -0.490 e. The maximum absolute atomic E-state index is 12.2. The molecule has 3 rings (SSSR count). The van der Waals surface area contributed by atoms with E-state index in [-0.39, 0.29) is 11.4 Å². The molecule has 2 N–H and O–H groups in total. The molecule has 0 aliphatic carbocycles. The predicted molar refractivity (Wildman–Crippen MR) is 72.5 cm³/mol. The molecule has 2 heterocycles. The molecule has 0 amide bonds. The summed E-state index contributed by atoms with van der Waals surface area (Å²) < 4.78 is 37.9. The number of hydrogen-bond donors (Lipinski definition) is 2. The van der Waals surface area contributed by atoms with Crippen LogP contribution < -0.4 is 14.2 Å². The zero-order valence-corrected chi connectivity index (χ0v) is 11.9. The number of H-pyrrole nitrogens is 1. The highest BCUT2D eigenvalue weighted by Gasteiger charge is 2.18. The number of hydrogen-bond acceptors (Lipinski definition) is 6. The summed E-state index contributed by atoms with van der Waals surface area (Å²) in [7, 11) is -3.66. The topological polar surface area (TPSA) is 106 Å². The lowest BCUT2D eigenvalue weighted by molar-refractivity contribution is 0.297. The molecule has 1 aliphatic heterocycles. The fourth-order valence-corrected chi connectivity index (χ4v) is 2.88. The molecule has 0 saturated heterocycles. The monoisotopic (exact) mass is 310 g/mol. The molecular weight excluding hydrogens is 296 g/mol. The van der Waals surface area contributed by atoms with Crippen molar-refractivity contribution in [1.82, 2.24) is 19.9 Å². The molecule has 0 unspecified atom stereocenters. The first-order chi connectivity index (χ1) is 10.1. The lowest BCUT2D eigenvalue weighted by Gasteiger charge is -2.10. The molecule has 2 aromatic rings. The number of rotatable bonds is 4. The molecule has 0 fully saturated rings. The zero-order chi connectivity index (χ0) is 14.7. The van der Waals surface area contributed by atoms with E-state index in [9.17, 15) is 8.42 Å². The third kappa shape index (κ3) is 3.14. The average Bonchev–Trinajstić information content (AvgIpc) is 2.89. The Hall–Kier alpha value is -2.13. The maximum atomic E-state index is 12.2. The Morgan fingerprint density at radius 3 is 2.81 bits per heavy atom. The summed E-state index contributed by atoms with van der Waals surface area (Å²) in [5, 5.41) is 6.24. The number of nitrogens with zero attached hydrogens (tertiary/aromatic N) is 2. The van der Waals surface area contributed by atoms with E-state index < -0.39 is 10.0 Å². The number of aromatic nitrogens is 3. The smallest absolute Gasteiger partial charge is 0.241 e. The average molecular weight is 310 g/mol. The molecular formula is C12H14N4O4S. The van der Waals surface area contributed by atoms with Gasteiger partial charge in [-0.05, 0) is 12.1 Å². The van der Waals surface area contributed by atoms with Crippen molar-refractivity contribution in [1.29, 1.82) is 0 Å². The van der Waals surface area contributed by atoms with Crippen LogP contribution in [-0.2, 0) is 16.6 Å². The Morgan fingerprint density at radius 1 is 1.24 bits per heavy atom. The highest BCUT2D eigenvalue weighted by atomic mass is 32.2. The van der Waals surface area contributed by atoms with Crippen LogP contribution in [-0.4, -0.2) is 36.8 Å². The van der Waals surface area contributed by atoms with Crippen LogP contribution in [0, 0.1) is 0 Å². The fourth-order valence-electron chi connectivity index (χ4n) is 1.87. The van der Waals surface area contributed by atoms with Gasteiger partial charge in [-0.3, -0.25) is 5.10 Å². The van der Waals surface area contributed by atoms with Crippen molar-refractivity contribution in [2.45, 2.75) is 17.9 Å². The third-order valence-corrected chi connectivity index (χ3v) is 4.32. The van der Waals surface area contributed by atoms with Gasteiger partial charge in [0.1, 0.15) is 12.2 Å². The molecule has 0 spiro atoms. The molecule has 1 aromatic carbocycles. The number of sulfonamides is 1. The van der Waals surface area contributed by atoms with Crippen LogP contribution in [0.1, 0.15) is 12.2 Å². The van der Waals surface area contributed by atoms with Gasteiger partial charge in [0.15, 0.2) is 11.5 Å². The van der Waals surface area contributed by atoms with Gasteiger partial charge in [-0.2, -0.15) is 5.10 Å². The molecule has 112 valence electrons. The van der Waals surface area contributed by atoms with Gasteiger partial charge in [0.2, 0.25) is 10.0 Å². The summed E-state index contributed by atoms with van der Waals surface area (Å²) in [5.41, 5.74) is 0. The van der Waals surface area contributed by atoms with Gasteiger partial charge in [0, 0.05) is 12.5 Å². The summed E-state index contributed by atoms with van der Waals surface area (Å²) in [6, 6.07) is 4.54. The van der Waals surface area contributed by atoms with Crippen molar-refractivity contribution < 1.29 is 17.9 Å². The molecule has 21 heavy (non-hydrogen) atoms. The van der Waals surface area contributed by atoms with Crippen LogP contribution in [0.3, 0.4) is 0 Å². The van der Waals surface area contributed by atoms with Crippen molar-refractivity contribution in [3.05, 3.63) is 30.4 Å². The number of ether oxygens (including phenoxy) is 2. The largest absolute Gasteiger partial charge is 0.490 e. The Balaban J connectivity index is 1.80. The minimum atomic E-state index is -3.66. The van der Waals surface area contributed by atoms with E-state index >= 15 is 0 Å². The molecule has 0 saturated carbocycles. The van der Waals surface area contributed by atoms with Crippen molar-refractivity contribution in [2.24, 2.45) is 0 Å². The van der Waals surface area contributed by atoms with E-state index in [1.165, 1.54) is 18.5 Å². The summed E-state index contributed by atoms with van der Waals surface area (Å²) in [6.45, 7) is 1.10. The lowest BCUT2D eigenvalue weighted by atomic mass is 10.3. The first-order valence-electron chi connectivity index (χ1n) is 6.39. The molecule has 9 heteroatoms. The lowest BCUT2D eigenvalue weighted by Crippen LogP contribution is -2.23. The summed E-state index contributed by atoms with van der Waals surface area (Å²) in [5.74, 6) is 1.43. The van der Waals surface area contributed by atoms with E-state index in [2.05, 4.69) is 19.9 Å². The van der Waals surface area contributed by atoms with Crippen molar-refractivity contribution in [3.8, 4) is 11.5 Å². The molecule has 1 aromatic heterocycles. The highest BCUT2D eigenvalue weighted by Crippen LogP contribution is 2.31. The summed E-state index contributed by atoms with van der Waals surface area (Å²) in [6.07, 6.45) is 2.08. The quantitative estimate of drug-likeness (QED) is 0.849. The van der Waals surface area contributed by atoms with Crippen LogP contribution in [0.2, 0.25) is 0 Å². The fraction of sp³-hybridized carbons (Fsp3) is 0.333. The molecule has 8 nitrogen and oxygen atoms in total. The van der Waals surface area contributed by atoms with Crippen molar-refractivity contribution in [3.63, 3.8) is 0 Å². The second-order valence-corrected chi connectivity index (χ2v) is 6.18. The van der Waals surface area contributed by atoms with E-state index in [4.69, 9.17) is 9.47 Å². The number of aromatic amines is 1. The van der Waals surface area contributed by atoms with Crippen LogP contribution in [0.4, 0.5) is 0 Å². The minimum absolute atomic E-state index is 0.0385. The SMILES string of the molecule is O=S(=O)(NCc1ncn[nH]1)c1ccc2c(c1)OCCCO2. The van der Waals surface area contributed by atoms with Gasteiger partial charge in [-0.15, -0.1) is 0 Å². The summed E-state index contributed by atoms with van der Waals surface area (Å²) in [4.78, 5) is 3.97. The number of fused-ring (bicyclic) bond motifs is 1. The Bertz CT molecular complexity index is 715. The molecule has 0 atom stereocenters. The number of nitrogens with one attached hydrogen (secondary N) is 2. The van der Waals surface area contributed by atoms with Crippen LogP contribution in [0.5, 0.6) is 11.5 Å². The second-order valence-electron chi connectivity index (χ2n) is 4.42. The summed E-state index contributed by atoms with van der Waals surface area (Å²) >= 11 is 0. The first-order valence-corrected chi connectivity index (χ1v) is 7.87. The molecule has 0 bridgehead atoms. The normalized spacial score (nSPS) is 14.7. The predicted octanol–water partition coefficient (Wildman–Crippen LogP) is 0.444. The third-order valence-electron chi connectivity index (χ3n) is 2.92. The van der Waals surface area contributed by atoms with Gasteiger partial charge in [-0.1, -0.05) is 0 Å². The highest BCUT2D eigenvalue weighted by molar-refractivity contribution is 7.89. The zero-order valence-electron chi connectivity index (χ0n) is 11.1. The van der Waals surface area contributed by atoms with Crippen LogP contribution in [0.15, 0.2) is 29.4 Å². The van der Waals surface area contributed by atoms with Gasteiger partial charge in [0.05, 0.1) is 24.7 Å². The van der Waals surface area contributed by atoms with Crippen molar-refractivity contribution in [2.75, 3.05) is 13.2 Å². The Labute approximate surface area is 121 Å². The molecule has 1 aliphatic rings. The van der Waals surface area contributed by atoms with E-state index in [1.807, 2.05) is 0 Å². The standard InChI is InChI=1S/C12H14N4O4S/c17-21(18,15-7-12-13-8-14-16-12)9-2-3-10-11(6-9)20-5-1-4-19-10/h2-3,6,8,15H,1,4-5,7H2,(H,13,14,16). The van der Waals surface area contributed by atoms with E-state index in [0.29, 0.717) is 30.5 Å². The number of benzene rings is 1. The Kier molecular flexibility index (Phi) is 3.76. The van der Waals surface area contributed by atoms with Crippen LogP contribution >= 0.6 is 0 Å². The van der Waals surface area contributed by atoms with Crippen molar-refractivity contribution >= 4 is 10.0 Å². The van der Waals surface area contributed by atoms with E-state index in [0.717, 1.165) is 6.42 Å². The van der Waals surface area contributed by atoms with Crippen LogP contribution in [0.25, 0.3) is 0 Å². The van der Waals surface area contributed by atoms with E-state index in [1.54, 1.807) is 6.07 Å². The van der Waals surface area contributed by atoms with Gasteiger partial charge >= 0.3 is 0 Å². The molecule has 0 radical (unpaired) electrons. The van der Waals surface area contributed by atoms with Gasteiger partial charge in [0.25, 0.3) is 0 Å². The Morgan fingerprint density at radius 2 is 2.05 bits per heavy atom. The van der Waals surface area contributed by atoms with Gasteiger partial charge in [-0.25, -0.2) is 18.1 Å². The first kappa shape index (κ1) is 13.8. The maximum Gasteiger partial charge on any atom is 0.241 e. The second kappa shape index (κ2) is 5.70. The van der Waals surface area contributed by atoms with Gasteiger partial charge < -0.3 is 9.47 Å².